The normalized spacial score (nSPS) is 22.4. The maximum atomic E-state index is 5.57. The molecule has 2 aliphatic rings. The third-order valence-corrected chi connectivity index (χ3v) is 3.61. The summed E-state index contributed by atoms with van der Waals surface area (Å²) in [4.78, 5) is 8.20. The van der Waals surface area contributed by atoms with Crippen molar-refractivity contribution in [2.24, 2.45) is 11.3 Å². The molecule has 80 valence electrons. The van der Waals surface area contributed by atoms with E-state index in [-0.39, 0.29) is 0 Å². The van der Waals surface area contributed by atoms with Crippen molar-refractivity contribution < 1.29 is 0 Å². The van der Waals surface area contributed by atoms with E-state index in [1.54, 1.807) is 12.4 Å². The van der Waals surface area contributed by atoms with Gasteiger partial charge in [-0.15, -0.1) is 0 Å². The topological polar surface area (TPSA) is 63.8 Å². The minimum atomic E-state index is 0.483. The van der Waals surface area contributed by atoms with E-state index < -0.39 is 0 Å². The Morgan fingerprint density at radius 1 is 1.40 bits per heavy atom. The largest absolute Gasteiger partial charge is 0.382 e. The quantitative estimate of drug-likeness (QED) is 0.783. The molecule has 1 aromatic heterocycles. The molecule has 0 unspecified atom stereocenters. The number of hydrogen-bond donors (Lipinski definition) is 2. The predicted octanol–water partition coefficient (Wildman–Crippen LogP) is 1.66. The van der Waals surface area contributed by atoms with Crippen molar-refractivity contribution in [3.8, 4) is 0 Å². The first-order chi connectivity index (χ1) is 7.28. The van der Waals surface area contributed by atoms with Gasteiger partial charge in [0, 0.05) is 6.54 Å². The second-order valence-electron chi connectivity index (χ2n) is 4.82. The highest BCUT2D eigenvalue weighted by atomic mass is 15.0. The van der Waals surface area contributed by atoms with Gasteiger partial charge in [-0.05, 0) is 37.0 Å². The maximum Gasteiger partial charge on any atom is 0.146 e. The Morgan fingerprint density at radius 2 is 2.20 bits per heavy atom. The summed E-state index contributed by atoms with van der Waals surface area (Å²) in [6, 6.07) is 0. The van der Waals surface area contributed by atoms with Crippen LogP contribution in [-0.4, -0.2) is 16.5 Å². The number of nitrogens with zero attached hydrogens (tertiary/aromatic N) is 2. The molecule has 3 rings (SSSR count). The molecule has 1 aromatic rings. The highest BCUT2D eigenvalue weighted by Gasteiger charge is 2.53. The van der Waals surface area contributed by atoms with Crippen LogP contribution in [0.25, 0.3) is 0 Å². The van der Waals surface area contributed by atoms with Gasteiger partial charge in [0.1, 0.15) is 11.6 Å². The molecule has 3 N–H and O–H groups in total. The Bertz CT molecular complexity index is 369. The van der Waals surface area contributed by atoms with Crippen molar-refractivity contribution in [2.75, 3.05) is 17.6 Å². The first kappa shape index (κ1) is 8.95. The van der Waals surface area contributed by atoms with Gasteiger partial charge in [0.25, 0.3) is 0 Å². The van der Waals surface area contributed by atoms with Gasteiger partial charge >= 0.3 is 0 Å². The van der Waals surface area contributed by atoms with E-state index in [1.165, 1.54) is 25.7 Å². The van der Waals surface area contributed by atoms with Crippen LogP contribution < -0.4 is 11.1 Å². The Balaban J connectivity index is 1.61. The summed E-state index contributed by atoms with van der Waals surface area (Å²) in [7, 11) is 0. The molecule has 0 spiro atoms. The predicted molar refractivity (Wildman–Crippen MR) is 59.3 cm³/mol. The zero-order valence-electron chi connectivity index (χ0n) is 8.74. The molecule has 2 fully saturated rings. The van der Waals surface area contributed by atoms with Crippen molar-refractivity contribution in [3.63, 3.8) is 0 Å². The van der Waals surface area contributed by atoms with Crippen LogP contribution in [-0.2, 0) is 0 Å². The highest BCUT2D eigenvalue weighted by molar-refractivity contribution is 5.39. The lowest BCUT2D eigenvalue weighted by Crippen LogP contribution is -2.18. The van der Waals surface area contributed by atoms with E-state index in [0.29, 0.717) is 11.2 Å². The summed E-state index contributed by atoms with van der Waals surface area (Å²) in [6.45, 7) is 1.04. The van der Waals surface area contributed by atoms with Crippen LogP contribution >= 0.6 is 0 Å². The Labute approximate surface area is 89.3 Å². The van der Waals surface area contributed by atoms with Gasteiger partial charge in [0.2, 0.25) is 0 Å². The zero-order chi connectivity index (χ0) is 10.3. The van der Waals surface area contributed by atoms with Gasteiger partial charge in [-0.25, -0.2) is 4.98 Å². The maximum absolute atomic E-state index is 5.57. The lowest BCUT2D eigenvalue weighted by atomic mass is 10.0. The van der Waals surface area contributed by atoms with Gasteiger partial charge in [-0.2, -0.15) is 0 Å². The Hall–Kier alpha value is -1.32. The fourth-order valence-corrected chi connectivity index (χ4v) is 2.32. The van der Waals surface area contributed by atoms with Gasteiger partial charge < -0.3 is 11.1 Å². The molecule has 0 aliphatic heterocycles. The first-order valence-corrected chi connectivity index (χ1v) is 5.60. The van der Waals surface area contributed by atoms with Crippen LogP contribution in [0.5, 0.6) is 0 Å². The van der Waals surface area contributed by atoms with E-state index >= 15 is 0 Å². The third kappa shape index (κ3) is 1.76. The smallest absolute Gasteiger partial charge is 0.146 e. The summed E-state index contributed by atoms with van der Waals surface area (Å²) >= 11 is 0. The number of aromatic nitrogens is 2. The third-order valence-electron chi connectivity index (χ3n) is 3.61. The minimum Gasteiger partial charge on any atom is -0.382 e. The summed E-state index contributed by atoms with van der Waals surface area (Å²) in [5.41, 5.74) is 6.16. The number of nitrogen functional groups attached to an aromatic ring is 1. The van der Waals surface area contributed by atoms with Crippen LogP contribution in [0.3, 0.4) is 0 Å². The summed E-state index contributed by atoms with van der Waals surface area (Å²) < 4.78 is 0. The average molecular weight is 204 g/mol. The molecule has 2 aliphatic carbocycles. The number of anilines is 2. The second-order valence-corrected chi connectivity index (χ2v) is 4.82. The summed E-state index contributed by atoms with van der Waals surface area (Å²) in [6.07, 6.45) is 8.90. The fraction of sp³-hybridized carbons (Fsp3) is 0.636. The zero-order valence-corrected chi connectivity index (χ0v) is 8.74. The van der Waals surface area contributed by atoms with Crippen LogP contribution in [0, 0.1) is 11.3 Å². The Morgan fingerprint density at radius 3 is 2.80 bits per heavy atom. The van der Waals surface area contributed by atoms with E-state index in [4.69, 9.17) is 5.73 Å². The second kappa shape index (κ2) is 3.08. The van der Waals surface area contributed by atoms with Crippen molar-refractivity contribution in [2.45, 2.75) is 25.7 Å². The van der Waals surface area contributed by atoms with Crippen molar-refractivity contribution in [1.82, 2.24) is 9.97 Å². The first-order valence-electron chi connectivity index (χ1n) is 5.60. The van der Waals surface area contributed by atoms with E-state index in [9.17, 15) is 0 Å². The molecular formula is C11H16N4. The summed E-state index contributed by atoms with van der Waals surface area (Å²) in [5.74, 6) is 2.26. The SMILES string of the molecule is Nc1cncc(NCC2(C3CC3)CC2)n1. The molecule has 0 saturated heterocycles. The minimum absolute atomic E-state index is 0.483. The Kier molecular flexibility index (Phi) is 1.84. The number of rotatable bonds is 4. The van der Waals surface area contributed by atoms with Crippen molar-refractivity contribution in [3.05, 3.63) is 12.4 Å². The van der Waals surface area contributed by atoms with Crippen molar-refractivity contribution in [1.29, 1.82) is 0 Å². The molecule has 0 amide bonds. The standard InChI is InChI=1S/C11H16N4/c12-9-5-13-6-10(15-9)14-7-11(3-4-11)8-1-2-8/h5-6,8H,1-4,7H2,(H3,12,14,15). The molecular weight excluding hydrogens is 188 g/mol. The van der Waals surface area contributed by atoms with Crippen LogP contribution in [0.15, 0.2) is 12.4 Å². The fourth-order valence-electron chi connectivity index (χ4n) is 2.32. The molecule has 1 heterocycles. The van der Waals surface area contributed by atoms with Gasteiger partial charge in [0.15, 0.2) is 0 Å². The number of hydrogen-bond acceptors (Lipinski definition) is 4. The van der Waals surface area contributed by atoms with Crippen molar-refractivity contribution >= 4 is 11.6 Å². The number of nitrogens with two attached hydrogens (primary N) is 1. The monoisotopic (exact) mass is 204 g/mol. The van der Waals surface area contributed by atoms with E-state index in [0.717, 1.165) is 18.3 Å². The molecule has 15 heavy (non-hydrogen) atoms. The van der Waals surface area contributed by atoms with Gasteiger partial charge in [-0.1, -0.05) is 0 Å². The lowest BCUT2D eigenvalue weighted by molar-refractivity contribution is 0.466. The number of nitrogens with one attached hydrogen (secondary N) is 1. The van der Waals surface area contributed by atoms with Crippen LogP contribution in [0.1, 0.15) is 25.7 Å². The molecule has 2 saturated carbocycles. The molecule has 0 aromatic carbocycles. The lowest BCUT2D eigenvalue weighted by Gasteiger charge is -2.15. The highest BCUT2D eigenvalue weighted by Crippen LogP contribution is 2.61. The molecule has 4 nitrogen and oxygen atoms in total. The van der Waals surface area contributed by atoms with Gasteiger partial charge in [0.05, 0.1) is 12.4 Å². The molecule has 4 heteroatoms. The van der Waals surface area contributed by atoms with E-state index in [1.807, 2.05) is 0 Å². The van der Waals surface area contributed by atoms with Crippen LogP contribution in [0.4, 0.5) is 11.6 Å². The average Bonchev–Trinajstić information content (AvgIpc) is 3.08. The molecule has 0 bridgehead atoms. The molecule has 0 radical (unpaired) electrons. The summed E-state index contributed by atoms with van der Waals surface area (Å²) in [5, 5.41) is 3.36. The van der Waals surface area contributed by atoms with E-state index in [2.05, 4.69) is 15.3 Å². The van der Waals surface area contributed by atoms with Crippen LogP contribution in [0.2, 0.25) is 0 Å². The van der Waals surface area contributed by atoms with Gasteiger partial charge in [-0.3, -0.25) is 4.98 Å². The molecule has 0 atom stereocenters.